The number of carbonyl (C=O) groups is 1. The molecule has 26 heavy (non-hydrogen) atoms. The van der Waals surface area contributed by atoms with Crippen LogP contribution in [0.1, 0.15) is 45.6 Å². The lowest BCUT2D eigenvalue weighted by Gasteiger charge is -2.32. The second kappa shape index (κ2) is 6.95. The fraction of sp³-hybridized carbons (Fsp3) is 0.571. The lowest BCUT2D eigenvalue weighted by molar-refractivity contribution is -0.113. The molecule has 3 aliphatic rings. The maximum absolute atomic E-state index is 13.2. The van der Waals surface area contributed by atoms with Crippen LogP contribution in [0.3, 0.4) is 0 Å². The molecule has 1 amide bonds. The average Bonchev–Trinajstić information content (AvgIpc) is 2.85. The van der Waals surface area contributed by atoms with E-state index in [9.17, 15) is 4.79 Å². The van der Waals surface area contributed by atoms with E-state index >= 15 is 0 Å². The van der Waals surface area contributed by atoms with Gasteiger partial charge in [-0.15, -0.1) is 0 Å². The number of hydrogen-bond donors (Lipinski definition) is 2. The normalized spacial score (nSPS) is 24.3. The molecular formula is C21H29N3O2. The SMILES string of the molecule is CC(Nc1ccc2c(c1)/C(=C1\COCCN1)C(=O)N2C(C)C)C1CCC1. The number of morpholine rings is 1. The number of carbonyl (C=O) groups excluding carboxylic acids is 1. The van der Waals surface area contributed by atoms with Crippen molar-refractivity contribution in [3.63, 3.8) is 0 Å². The van der Waals surface area contributed by atoms with Crippen molar-refractivity contribution in [3.05, 3.63) is 29.5 Å². The predicted octanol–water partition coefficient (Wildman–Crippen LogP) is 3.37. The fourth-order valence-corrected chi connectivity index (χ4v) is 4.17. The van der Waals surface area contributed by atoms with Crippen LogP contribution in [0.25, 0.3) is 5.57 Å². The maximum atomic E-state index is 13.2. The van der Waals surface area contributed by atoms with Crippen LogP contribution in [-0.4, -0.2) is 37.7 Å². The smallest absolute Gasteiger partial charge is 0.261 e. The van der Waals surface area contributed by atoms with Crippen LogP contribution < -0.4 is 15.5 Å². The summed E-state index contributed by atoms with van der Waals surface area (Å²) in [7, 11) is 0. The molecule has 1 aliphatic carbocycles. The summed E-state index contributed by atoms with van der Waals surface area (Å²) in [6.07, 6.45) is 3.98. The molecule has 0 bridgehead atoms. The van der Waals surface area contributed by atoms with E-state index in [1.165, 1.54) is 19.3 Å². The third kappa shape index (κ3) is 2.98. The van der Waals surface area contributed by atoms with Crippen LogP contribution >= 0.6 is 0 Å². The highest BCUT2D eigenvalue weighted by molar-refractivity contribution is 6.33. The van der Waals surface area contributed by atoms with Crippen molar-refractivity contribution in [2.24, 2.45) is 5.92 Å². The van der Waals surface area contributed by atoms with Crippen molar-refractivity contribution < 1.29 is 9.53 Å². The van der Waals surface area contributed by atoms with Crippen molar-refractivity contribution in [2.45, 2.75) is 52.1 Å². The minimum absolute atomic E-state index is 0.0761. The van der Waals surface area contributed by atoms with Crippen molar-refractivity contribution >= 4 is 22.9 Å². The Labute approximate surface area is 155 Å². The Balaban J connectivity index is 1.70. The van der Waals surface area contributed by atoms with Crippen LogP contribution in [0.5, 0.6) is 0 Å². The monoisotopic (exact) mass is 355 g/mol. The summed E-state index contributed by atoms with van der Waals surface area (Å²) in [6.45, 7) is 8.29. The molecule has 2 N–H and O–H groups in total. The number of nitrogens with one attached hydrogen (secondary N) is 2. The van der Waals surface area contributed by atoms with E-state index in [0.29, 0.717) is 19.3 Å². The van der Waals surface area contributed by atoms with Crippen molar-refractivity contribution in [2.75, 3.05) is 30.0 Å². The van der Waals surface area contributed by atoms with E-state index in [4.69, 9.17) is 4.74 Å². The number of hydrogen-bond acceptors (Lipinski definition) is 4. The molecule has 2 aliphatic heterocycles. The summed E-state index contributed by atoms with van der Waals surface area (Å²) in [4.78, 5) is 15.0. The Morgan fingerprint density at radius 1 is 1.27 bits per heavy atom. The van der Waals surface area contributed by atoms with Gasteiger partial charge < -0.3 is 20.3 Å². The predicted molar refractivity (Wildman–Crippen MR) is 105 cm³/mol. The van der Waals surface area contributed by atoms with Crippen molar-refractivity contribution in [1.29, 1.82) is 0 Å². The Morgan fingerprint density at radius 3 is 2.69 bits per heavy atom. The fourth-order valence-electron chi connectivity index (χ4n) is 4.17. The summed E-state index contributed by atoms with van der Waals surface area (Å²) in [5.41, 5.74) is 4.80. The van der Waals surface area contributed by atoms with Gasteiger partial charge in [0.05, 0.1) is 30.2 Å². The van der Waals surface area contributed by atoms with Gasteiger partial charge in [-0.3, -0.25) is 4.79 Å². The van der Waals surface area contributed by atoms with Gasteiger partial charge in [-0.1, -0.05) is 6.42 Å². The highest BCUT2D eigenvalue weighted by Crippen LogP contribution is 2.41. The zero-order chi connectivity index (χ0) is 18.3. The van der Waals surface area contributed by atoms with E-state index in [0.717, 1.165) is 40.7 Å². The molecule has 0 radical (unpaired) electrons. The molecule has 5 nitrogen and oxygen atoms in total. The standard InChI is InChI=1S/C21H29N3O2/c1-13(2)24-19-8-7-16(23-14(3)15-5-4-6-15)11-17(19)20(21(24)25)18-12-26-10-9-22-18/h7-8,11,13-15,22-23H,4-6,9-10,12H2,1-3H3/b20-18-. The Bertz CT molecular complexity index is 729. The molecule has 1 aromatic carbocycles. The Hall–Kier alpha value is -2.01. The second-order valence-corrected chi connectivity index (χ2v) is 7.96. The average molecular weight is 355 g/mol. The van der Waals surface area contributed by atoms with Gasteiger partial charge in [-0.05, 0) is 57.7 Å². The molecular weight excluding hydrogens is 326 g/mol. The van der Waals surface area contributed by atoms with Gasteiger partial charge >= 0.3 is 0 Å². The van der Waals surface area contributed by atoms with Gasteiger partial charge in [0.25, 0.3) is 5.91 Å². The van der Waals surface area contributed by atoms with E-state index in [1.807, 2.05) is 4.90 Å². The lowest BCUT2D eigenvalue weighted by atomic mass is 9.80. The molecule has 1 saturated heterocycles. The molecule has 1 saturated carbocycles. The molecule has 2 heterocycles. The number of anilines is 2. The van der Waals surface area contributed by atoms with Crippen molar-refractivity contribution in [3.8, 4) is 0 Å². The van der Waals surface area contributed by atoms with Gasteiger partial charge in [0, 0.05) is 29.9 Å². The molecule has 5 heteroatoms. The zero-order valence-corrected chi connectivity index (χ0v) is 16.0. The molecule has 0 spiro atoms. The van der Waals surface area contributed by atoms with Crippen LogP contribution in [-0.2, 0) is 9.53 Å². The lowest BCUT2D eigenvalue weighted by Crippen LogP contribution is -2.35. The van der Waals surface area contributed by atoms with Gasteiger partial charge in [-0.25, -0.2) is 0 Å². The van der Waals surface area contributed by atoms with E-state index in [2.05, 4.69) is 49.6 Å². The minimum Gasteiger partial charge on any atom is -0.383 e. The molecule has 2 fully saturated rings. The highest BCUT2D eigenvalue weighted by Gasteiger charge is 2.37. The largest absolute Gasteiger partial charge is 0.383 e. The van der Waals surface area contributed by atoms with Gasteiger partial charge in [0.15, 0.2) is 0 Å². The number of fused-ring (bicyclic) bond motifs is 1. The Morgan fingerprint density at radius 2 is 2.08 bits per heavy atom. The summed E-state index contributed by atoms with van der Waals surface area (Å²) >= 11 is 0. The topological polar surface area (TPSA) is 53.6 Å². The van der Waals surface area contributed by atoms with E-state index in [-0.39, 0.29) is 11.9 Å². The third-order valence-electron chi connectivity index (χ3n) is 5.86. The van der Waals surface area contributed by atoms with Crippen LogP contribution in [0.4, 0.5) is 11.4 Å². The van der Waals surface area contributed by atoms with Gasteiger partial charge in [0.2, 0.25) is 0 Å². The number of amides is 1. The summed E-state index contributed by atoms with van der Waals surface area (Å²) in [5.74, 6) is 0.843. The van der Waals surface area contributed by atoms with Crippen LogP contribution in [0, 0.1) is 5.92 Å². The summed E-state index contributed by atoms with van der Waals surface area (Å²) in [5, 5.41) is 7.03. The second-order valence-electron chi connectivity index (χ2n) is 7.96. The van der Waals surface area contributed by atoms with Crippen LogP contribution in [0.2, 0.25) is 0 Å². The first-order chi connectivity index (χ1) is 12.6. The highest BCUT2D eigenvalue weighted by atomic mass is 16.5. The van der Waals surface area contributed by atoms with Gasteiger partial charge in [0.1, 0.15) is 0 Å². The number of ether oxygens (including phenoxy) is 1. The molecule has 1 atom stereocenters. The first-order valence-corrected chi connectivity index (χ1v) is 9.85. The first-order valence-electron chi connectivity index (χ1n) is 9.85. The Kier molecular flexibility index (Phi) is 4.65. The molecule has 1 unspecified atom stereocenters. The number of benzene rings is 1. The first kappa shape index (κ1) is 17.4. The summed E-state index contributed by atoms with van der Waals surface area (Å²) in [6, 6.07) is 6.92. The molecule has 140 valence electrons. The third-order valence-corrected chi connectivity index (χ3v) is 5.86. The summed E-state index contributed by atoms with van der Waals surface area (Å²) < 4.78 is 5.60. The quantitative estimate of drug-likeness (QED) is 0.813. The van der Waals surface area contributed by atoms with E-state index < -0.39 is 0 Å². The van der Waals surface area contributed by atoms with Crippen molar-refractivity contribution in [1.82, 2.24) is 5.32 Å². The maximum Gasteiger partial charge on any atom is 0.261 e. The minimum atomic E-state index is 0.0761. The van der Waals surface area contributed by atoms with E-state index in [1.54, 1.807) is 0 Å². The number of nitrogens with zero attached hydrogens (tertiary/aromatic N) is 1. The molecule has 4 rings (SSSR count). The van der Waals surface area contributed by atoms with Crippen LogP contribution in [0.15, 0.2) is 23.9 Å². The number of rotatable bonds is 4. The van der Waals surface area contributed by atoms with Gasteiger partial charge in [-0.2, -0.15) is 0 Å². The zero-order valence-electron chi connectivity index (χ0n) is 16.0. The molecule has 0 aromatic heterocycles. The molecule has 1 aromatic rings.